The van der Waals surface area contributed by atoms with Gasteiger partial charge in [0.2, 0.25) is 0 Å². The summed E-state index contributed by atoms with van der Waals surface area (Å²) in [5.41, 5.74) is 11.6. The summed E-state index contributed by atoms with van der Waals surface area (Å²) < 4.78 is 76.1. The van der Waals surface area contributed by atoms with Gasteiger partial charge in [-0.05, 0) is 12.8 Å². The van der Waals surface area contributed by atoms with Crippen molar-refractivity contribution in [1.82, 2.24) is 10.6 Å². The fraction of sp³-hybridized carbons (Fsp3) is 0.273. The Kier molecular flexibility index (Phi) is 9.70. The van der Waals surface area contributed by atoms with Crippen LogP contribution >= 0.6 is 47.0 Å². The second-order valence-electron chi connectivity index (χ2n) is 9.20. The number of carbonyl (C=O) groups is 4. The number of hydrogen-bond donors (Lipinski definition) is 6. The molecule has 4 aliphatic heterocycles. The molecule has 0 fully saturated rings. The lowest BCUT2D eigenvalue weighted by atomic mass is 10.2. The standard InChI is InChI=1S/C22H20N6O12S6/c23-15-7(17(29)27-21(31)25-15)19-41-11-9(39-3-1-5-45(33,34)35)12-14(10(13(11)43-19)40-4-2-6-46(36,37)38)44-20(42-12)8-16(24)26-22(32)28-18(8)30/h1-6H2,(H,33,34,35)(H,36,37,38)(H3,23,25,27,29,31)(H3,24,26,28,30,32). The first-order valence-electron chi connectivity index (χ1n) is 12.5. The molecule has 18 nitrogen and oxygen atoms in total. The van der Waals surface area contributed by atoms with Crippen LogP contribution in [0.5, 0.6) is 11.5 Å². The van der Waals surface area contributed by atoms with Gasteiger partial charge in [0.1, 0.15) is 34.3 Å². The van der Waals surface area contributed by atoms with Gasteiger partial charge in [-0.15, -0.1) is 0 Å². The number of nitrogens with one attached hydrogen (secondary N) is 2. The molecule has 0 spiro atoms. The lowest BCUT2D eigenvalue weighted by molar-refractivity contribution is -0.116. The molecule has 6 amide bonds. The number of urea groups is 2. The molecule has 5 rings (SSSR count). The number of ether oxygens (including phenoxy) is 2. The number of thioether (sulfide) groups is 4. The van der Waals surface area contributed by atoms with E-state index < -0.39 is 55.6 Å². The van der Waals surface area contributed by atoms with Gasteiger partial charge in [-0.2, -0.15) is 26.8 Å². The monoisotopic (exact) mass is 752 g/mol. The molecule has 1 aromatic rings. The molecule has 0 aromatic heterocycles. The minimum Gasteiger partial charge on any atom is -0.491 e. The first-order chi connectivity index (χ1) is 21.5. The molecule has 246 valence electrons. The minimum atomic E-state index is -4.30. The first kappa shape index (κ1) is 34.1. The molecule has 8 N–H and O–H groups in total. The summed E-state index contributed by atoms with van der Waals surface area (Å²) in [6.45, 7) is -0.419. The van der Waals surface area contributed by atoms with Gasteiger partial charge >= 0.3 is 12.1 Å². The van der Waals surface area contributed by atoms with E-state index in [9.17, 15) is 36.0 Å². The maximum absolute atomic E-state index is 12.7. The zero-order chi connectivity index (χ0) is 33.6. The van der Waals surface area contributed by atoms with Crippen molar-refractivity contribution < 1.29 is 54.6 Å². The summed E-state index contributed by atoms with van der Waals surface area (Å²) in [6, 6.07) is -1.90. The number of fused-ring (bicyclic) bond motifs is 2. The van der Waals surface area contributed by atoms with Gasteiger partial charge in [-0.1, -0.05) is 47.0 Å². The molecule has 4 aliphatic rings. The van der Waals surface area contributed by atoms with Gasteiger partial charge < -0.3 is 20.9 Å². The molecule has 0 unspecified atom stereocenters. The number of amides is 6. The smallest absolute Gasteiger partial charge is 0.349 e. The van der Waals surface area contributed by atoms with Gasteiger partial charge in [0.15, 0.2) is 0 Å². The fourth-order valence-corrected chi connectivity index (χ4v) is 10.7. The van der Waals surface area contributed by atoms with Crippen LogP contribution in [0.25, 0.3) is 0 Å². The summed E-state index contributed by atoms with van der Waals surface area (Å²) in [7, 11) is -8.61. The van der Waals surface area contributed by atoms with Gasteiger partial charge in [-0.25, -0.2) is 9.59 Å². The van der Waals surface area contributed by atoms with Crippen molar-refractivity contribution in [2.24, 2.45) is 21.5 Å². The van der Waals surface area contributed by atoms with Crippen LogP contribution in [-0.4, -0.2) is 86.2 Å². The summed E-state index contributed by atoms with van der Waals surface area (Å²) in [4.78, 5) is 57.5. The predicted octanol–water partition coefficient (Wildman–Crippen LogP) is 1.03. The highest BCUT2D eigenvalue weighted by molar-refractivity contribution is 8.26. The van der Waals surface area contributed by atoms with Crippen molar-refractivity contribution in [3.63, 3.8) is 0 Å². The number of imide groups is 2. The van der Waals surface area contributed by atoms with Crippen LogP contribution in [0.3, 0.4) is 0 Å². The van der Waals surface area contributed by atoms with Crippen LogP contribution in [0.15, 0.2) is 49.2 Å². The summed E-state index contributed by atoms with van der Waals surface area (Å²) >= 11 is 3.97. The second-order valence-corrected chi connectivity index (χ2v) is 16.9. The van der Waals surface area contributed by atoms with E-state index in [1.165, 1.54) is 0 Å². The lowest BCUT2D eigenvalue weighted by Crippen LogP contribution is -2.40. The highest BCUT2D eigenvalue weighted by atomic mass is 32.2. The van der Waals surface area contributed by atoms with E-state index >= 15 is 0 Å². The van der Waals surface area contributed by atoms with Crippen molar-refractivity contribution in [3.05, 3.63) is 19.6 Å². The number of nitrogens with two attached hydrogens (primary N) is 2. The van der Waals surface area contributed by atoms with Crippen LogP contribution in [0.1, 0.15) is 12.8 Å². The number of hydrogen-bond acceptors (Lipinski definition) is 16. The Morgan fingerprint density at radius 3 is 1.24 bits per heavy atom. The number of amidine groups is 2. The van der Waals surface area contributed by atoms with Crippen LogP contribution in [-0.2, 0) is 29.8 Å². The molecular weight excluding hydrogens is 733 g/mol. The van der Waals surface area contributed by atoms with Crippen molar-refractivity contribution >= 4 is 103 Å². The third-order valence-electron chi connectivity index (χ3n) is 5.86. The Balaban J connectivity index is 1.64. The SMILES string of the molecule is NC1=NC(=O)NC(=O)C1=C1Sc2c(OCCCS(=O)(=O)O)c3c(c(OCCCS(=O)(=O)O)c2S1)SC(=C1C(=O)NC(=O)N=C1N)S3. The topological polar surface area (TPSA) is 296 Å². The average Bonchev–Trinajstić information content (AvgIpc) is 3.52. The van der Waals surface area contributed by atoms with E-state index in [0.717, 1.165) is 47.0 Å². The maximum atomic E-state index is 12.7. The molecule has 0 atom stereocenters. The molecule has 1 aromatic carbocycles. The Bertz CT molecular complexity index is 1770. The summed E-state index contributed by atoms with van der Waals surface area (Å²) in [5.74, 6) is -3.22. The minimum absolute atomic E-state index is 0.115. The number of nitrogens with zero attached hydrogens (tertiary/aromatic N) is 2. The Labute approximate surface area is 276 Å². The van der Waals surface area contributed by atoms with E-state index in [0.29, 0.717) is 19.6 Å². The van der Waals surface area contributed by atoms with Crippen LogP contribution in [0.4, 0.5) is 9.59 Å². The Morgan fingerprint density at radius 2 is 0.957 bits per heavy atom. The quantitative estimate of drug-likeness (QED) is 0.110. The van der Waals surface area contributed by atoms with Crippen molar-refractivity contribution in [1.29, 1.82) is 0 Å². The normalized spacial score (nSPS) is 18.2. The molecule has 0 aliphatic carbocycles. The number of rotatable bonds is 10. The predicted molar refractivity (Wildman–Crippen MR) is 167 cm³/mol. The lowest BCUT2D eigenvalue weighted by Gasteiger charge is -2.18. The zero-order valence-corrected chi connectivity index (χ0v) is 27.6. The first-order valence-corrected chi connectivity index (χ1v) is 19.0. The van der Waals surface area contributed by atoms with E-state index in [-0.39, 0.29) is 68.8 Å². The Hall–Kier alpha value is -3.26. The van der Waals surface area contributed by atoms with Crippen LogP contribution in [0, 0.1) is 0 Å². The summed E-state index contributed by atoms with van der Waals surface area (Å²) in [6.07, 6.45) is -0.246. The second kappa shape index (κ2) is 13.1. The number of aliphatic imine (C=N–C) groups is 2. The molecule has 0 saturated heterocycles. The number of carbonyl (C=O) groups excluding carboxylic acids is 4. The molecule has 0 radical (unpaired) electrons. The average molecular weight is 753 g/mol. The Morgan fingerprint density at radius 1 is 0.630 bits per heavy atom. The fourth-order valence-electron chi connectivity index (χ4n) is 4.03. The molecule has 4 heterocycles. The third-order valence-corrected chi connectivity index (χ3v) is 12.7. The largest absolute Gasteiger partial charge is 0.491 e. The van der Waals surface area contributed by atoms with Gasteiger partial charge in [-0.3, -0.25) is 29.3 Å². The van der Waals surface area contributed by atoms with E-state index in [2.05, 4.69) is 20.6 Å². The molecular formula is C22H20N6O12S6. The van der Waals surface area contributed by atoms with Crippen LogP contribution in [0.2, 0.25) is 0 Å². The van der Waals surface area contributed by atoms with Crippen molar-refractivity contribution in [3.8, 4) is 11.5 Å². The van der Waals surface area contributed by atoms with Gasteiger partial charge in [0.25, 0.3) is 32.1 Å². The highest BCUT2D eigenvalue weighted by Gasteiger charge is 2.41. The van der Waals surface area contributed by atoms with Crippen molar-refractivity contribution in [2.75, 3.05) is 24.7 Å². The molecule has 0 bridgehead atoms. The third kappa shape index (κ3) is 7.48. The highest BCUT2D eigenvalue weighted by Crippen LogP contribution is 2.68. The van der Waals surface area contributed by atoms with E-state index in [4.69, 9.17) is 30.0 Å². The molecule has 46 heavy (non-hydrogen) atoms. The number of benzene rings is 1. The van der Waals surface area contributed by atoms with E-state index in [1.54, 1.807) is 0 Å². The molecule has 24 heteroatoms. The summed E-state index contributed by atoms with van der Waals surface area (Å²) in [5, 5.41) is 4.10. The molecule has 0 saturated carbocycles. The zero-order valence-electron chi connectivity index (χ0n) is 22.7. The van der Waals surface area contributed by atoms with Crippen LogP contribution < -0.4 is 31.6 Å². The van der Waals surface area contributed by atoms with Crippen molar-refractivity contribution in [2.45, 2.75) is 32.4 Å². The maximum Gasteiger partial charge on any atom is 0.349 e. The van der Waals surface area contributed by atoms with E-state index in [1.807, 2.05) is 0 Å². The van der Waals surface area contributed by atoms with Gasteiger partial charge in [0.05, 0.1) is 52.8 Å². The van der Waals surface area contributed by atoms with Gasteiger partial charge in [0, 0.05) is 0 Å².